The predicted octanol–water partition coefficient (Wildman–Crippen LogP) is 1.32. The van der Waals surface area contributed by atoms with Gasteiger partial charge in [0.1, 0.15) is 0 Å². The van der Waals surface area contributed by atoms with Crippen LogP contribution < -0.4 is 11.3 Å². The van der Waals surface area contributed by atoms with Gasteiger partial charge in [-0.05, 0) is 18.9 Å². The third-order valence-electron chi connectivity index (χ3n) is 1.25. The lowest BCUT2D eigenvalue weighted by molar-refractivity contribution is 0.872. The highest BCUT2D eigenvalue weighted by molar-refractivity contribution is 5.24. The summed E-state index contributed by atoms with van der Waals surface area (Å²) >= 11 is 0. The monoisotopic (exact) mass is 126 g/mol. The Kier molecular flexibility index (Phi) is 3.80. The minimum Gasteiger partial charge on any atom is -0.324 e. The second kappa shape index (κ2) is 4.15. The number of rotatable bonds is 3. The largest absolute Gasteiger partial charge is 0.324 e. The van der Waals surface area contributed by atoms with Gasteiger partial charge in [0.05, 0.1) is 0 Å². The summed E-state index contributed by atoms with van der Waals surface area (Å²) in [6.45, 7) is 7.78. The molecule has 0 radical (unpaired) electrons. The van der Waals surface area contributed by atoms with Crippen LogP contribution in [0.4, 0.5) is 0 Å². The Morgan fingerprint density at radius 3 is 2.44 bits per heavy atom. The van der Waals surface area contributed by atoms with Gasteiger partial charge in [-0.15, -0.1) is 0 Å². The molecule has 0 aliphatic rings. The molecule has 0 spiro atoms. The maximum atomic E-state index is 5.18. The number of allylic oxidation sites excluding steroid dienone is 2. The molecule has 0 aromatic carbocycles. The van der Waals surface area contributed by atoms with Crippen LogP contribution in [0, 0.1) is 0 Å². The van der Waals surface area contributed by atoms with Crippen molar-refractivity contribution in [3.8, 4) is 0 Å². The first-order valence-corrected chi connectivity index (χ1v) is 3.07. The summed E-state index contributed by atoms with van der Waals surface area (Å²) in [6.07, 6.45) is 2.84. The minimum absolute atomic E-state index is 0.928. The molecule has 2 heteroatoms. The van der Waals surface area contributed by atoms with Gasteiger partial charge in [-0.1, -0.05) is 19.6 Å². The van der Waals surface area contributed by atoms with Gasteiger partial charge < -0.3 is 5.43 Å². The minimum atomic E-state index is 0.928. The van der Waals surface area contributed by atoms with Gasteiger partial charge in [-0.25, -0.2) is 0 Å². The third-order valence-corrected chi connectivity index (χ3v) is 1.25. The van der Waals surface area contributed by atoms with Crippen LogP contribution in [0.1, 0.15) is 20.3 Å². The Bertz CT molecular complexity index is 125. The summed E-state index contributed by atoms with van der Waals surface area (Å²) in [5, 5.41) is 0. The Labute approximate surface area is 56.4 Å². The van der Waals surface area contributed by atoms with Crippen molar-refractivity contribution in [1.82, 2.24) is 5.43 Å². The molecule has 9 heavy (non-hydrogen) atoms. The molecule has 0 bridgehead atoms. The molecular weight excluding hydrogens is 112 g/mol. The van der Waals surface area contributed by atoms with Gasteiger partial charge in [-0.2, -0.15) is 0 Å². The Balaban J connectivity index is 3.97. The van der Waals surface area contributed by atoms with E-state index in [4.69, 9.17) is 5.84 Å². The average molecular weight is 126 g/mol. The van der Waals surface area contributed by atoms with Crippen LogP contribution in [0.15, 0.2) is 23.9 Å². The molecule has 0 aromatic heterocycles. The van der Waals surface area contributed by atoms with Crippen LogP contribution in [-0.2, 0) is 0 Å². The molecule has 0 heterocycles. The van der Waals surface area contributed by atoms with Gasteiger partial charge in [-0.3, -0.25) is 5.84 Å². The summed E-state index contributed by atoms with van der Waals surface area (Å²) in [6, 6.07) is 0. The van der Waals surface area contributed by atoms with E-state index in [1.54, 1.807) is 0 Å². The van der Waals surface area contributed by atoms with Gasteiger partial charge in [0.2, 0.25) is 0 Å². The Hall–Kier alpha value is -0.760. The van der Waals surface area contributed by atoms with E-state index in [2.05, 4.69) is 12.0 Å². The number of hydrogen-bond donors (Lipinski definition) is 2. The molecular formula is C7H14N2. The molecule has 0 aromatic rings. The first kappa shape index (κ1) is 8.24. The number of nitrogens with two attached hydrogens (primary N) is 1. The predicted molar refractivity (Wildman–Crippen MR) is 40.5 cm³/mol. The van der Waals surface area contributed by atoms with E-state index >= 15 is 0 Å². The van der Waals surface area contributed by atoms with Crippen LogP contribution >= 0.6 is 0 Å². The number of hydrazine groups is 1. The van der Waals surface area contributed by atoms with Crippen molar-refractivity contribution in [3.63, 3.8) is 0 Å². The smallest absolute Gasteiger partial charge is 0.0468 e. The topological polar surface area (TPSA) is 38.0 Å². The first-order valence-electron chi connectivity index (χ1n) is 3.07. The van der Waals surface area contributed by atoms with Gasteiger partial charge in [0.25, 0.3) is 0 Å². The van der Waals surface area contributed by atoms with Gasteiger partial charge >= 0.3 is 0 Å². The highest BCUT2D eigenvalue weighted by Gasteiger charge is 1.93. The molecule has 0 amide bonds. The van der Waals surface area contributed by atoms with Crippen LogP contribution in [0.3, 0.4) is 0 Å². The van der Waals surface area contributed by atoms with Crippen molar-refractivity contribution >= 4 is 0 Å². The molecule has 0 atom stereocenters. The number of hydrogen-bond acceptors (Lipinski definition) is 2. The fraction of sp³-hybridized carbons (Fsp3) is 0.429. The maximum Gasteiger partial charge on any atom is 0.0468 e. The molecule has 3 N–H and O–H groups in total. The lowest BCUT2D eigenvalue weighted by Crippen LogP contribution is -2.21. The van der Waals surface area contributed by atoms with Crippen molar-refractivity contribution in [2.45, 2.75) is 20.3 Å². The second-order valence-corrected chi connectivity index (χ2v) is 1.80. The quantitative estimate of drug-likeness (QED) is 0.340. The summed E-state index contributed by atoms with van der Waals surface area (Å²) in [5.74, 6) is 5.18. The van der Waals surface area contributed by atoms with Crippen LogP contribution in [-0.4, -0.2) is 0 Å². The van der Waals surface area contributed by atoms with Crippen LogP contribution in [0.25, 0.3) is 0 Å². The number of nitrogens with one attached hydrogen (secondary N) is 1. The highest BCUT2D eigenvalue weighted by atomic mass is 15.2. The van der Waals surface area contributed by atoms with Gasteiger partial charge in [0, 0.05) is 5.70 Å². The Morgan fingerprint density at radius 1 is 1.78 bits per heavy atom. The molecule has 0 aliphatic carbocycles. The Morgan fingerprint density at radius 2 is 2.33 bits per heavy atom. The second-order valence-electron chi connectivity index (χ2n) is 1.80. The lowest BCUT2D eigenvalue weighted by atomic mass is 10.2. The van der Waals surface area contributed by atoms with E-state index in [1.807, 2.05) is 19.9 Å². The van der Waals surface area contributed by atoms with Crippen molar-refractivity contribution in [2.75, 3.05) is 0 Å². The van der Waals surface area contributed by atoms with Crippen molar-refractivity contribution in [2.24, 2.45) is 5.84 Å². The van der Waals surface area contributed by atoms with E-state index in [9.17, 15) is 0 Å². The molecule has 0 aliphatic heterocycles. The molecule has 2 nitrogen and oxygen atoms in total. The third kappa shape index (κ3) is 2.33. The summed E-state index contributed by atoms with van der Waals surface area (Å²) in [4.78, 5) is 0. The molecule has 0 rings (SSSR count). The molecule has 0 saturated carbocycles. The zero-order valence-corrected chi connectivity index (χ0v) is 6.07. The van der Waals surface area contributed by atoms with E-state index < -0.39 is 0 Å². The molecule has 0 unspecified atom stereocenters. The van der Waals surface area contributed by atoms with E-state index in [0.717, 1.165) is 17.7 Å². The summed E-state index contributed by atoms with van der Waals surface area (Å²) in [5.41, 5.74) is 4.53. The standard InChI is InChI=1S/C7H14N2/c1-4-6(3)7(5-2)9-8/h5,9H,3-4,8H2,1-2H3/b7-5+. The lowest BCUT2D eigenvalue weighted by Gasteiger charge is -2.05. The molecule has 52 valence electrons. The van der Waals surface area contributed by atoms with E-state index in [1.165, 1.54) is 0 Å². The average Bonchev–Trinajstić information content (AvgIpc) is 1.90. The summed E-state index contributed by atoms with van der Waals surface area (Å²) < 4.78 is 0. The zero-order chi connectivity index (χ0) is 7.28. The van der Waals surface area contributed by atoms with Crippen molar-refractivity contribution < 1.29 is 0 Å². The molecule has 0 saturated heterocycles. The van der Waals surface area contributed by atoms with Crippen LogP contribution in [0.2, 0.25) is 0 Å². The zero-order valence-electron chi connectivity index (χ0n) is 6.07. The van der Waals surface area contributed by atoms with Gasteiger partial charge in [0.15, 0.2) is 0 Å². The fourth-order valence-corrected chi connectivity index (χ4v) is 0.580. The summed E-state index contributed by atoms with van der Waals surface area (Å²) in [7, 11) is 0. The van der Waals surface area contributed by atoms with Crippen molar-refractivity contribution in [3.05, 3.63) is 23.9 Å². The highest BCUT2D eigenvalue weighted by Crippen LogP contribution is 2.05. The molecule has 0 fully saturated rings. The SMILES string of the molecule is C=C(CC)/C(=C\C)NN. The normalized spacial score (nSPS) is 11.2. The fourth-order valence-electron chi connectivity index (χ4n) is 0.580. The van der Waals surface area contributed by atoms with Crippen molar-refractivity contribution in [1.29, 1.82) is 0 Å². The van der Waals surface area contributed by atoms with E-state index in [0.29, 0.717) is 0 Å². The van der Waals surface area contributed by atoms with Crippen LogP contribution in [0.5, 0.6) is 0 Å². The maximum absolute atomic E-state index is 5.18. The van der Waals surface area contributed by atoms with E-state index in [-0.39, 0.29) is 0 Å². The first-order chi connectivity index (χ1) is 4.26.